The highest BCUT2D eigenvalue weighted by Gasteiger charge is 2.24. The Hall–Kier alpha value is -3.62. The second kappa shape index (κ2) is 8.14. The molecule has 0 fully saturated rings. The van der Waals surface area contributed by atoms with Gasteiger partial charge in [0.1, 0.15) is 17.2 Å². The zero-order valence-corrected chi connectivity index (χ0v) is 18.7. The quantitative estimate of drug-likeness (QED) is 0.477. The van der Waals surface area contributed by atoms with Crippen LogP contribution in [0.4, 0.5) is 4.39 Å². The standard InChI is InChI=1S/C23H25FN6O2/c1-12(2)18-27-17-15(8-9-25-19(17)28-18)13-6-7-14(16(24)10-13)11-26-20(31)21-29-22(30-32-21)23(3,4)5/h6-10,12H,11H2,1-5H3,(H,26,31)(H,25,27,28). The number of pyridine rings is 1. The van der Waals surface area contributed by atoms with Crippen molar-refractivity contribution in [2.75, 3.05) is 0 Å². The second-order valence-corrected chi connectivity index (χ2v) is 8.99. The smallest absolute Gasteiger partial charge is 0.315 e. The van der Waals surface area contributed by atoms with Crippen LogP contribution in [0, 0.1) is 5.82 Å². The van der Waals surface area contributed by atoms with Crippen molar-refractivity contribution in [2.24, 2.45) is 0 Å². The lowest BCUT2D eigenvalue weighted by Gasteiger charge is -2.10. The van der Waals surface area contributed by atoms with E-state index in [0.717, 1.165) is 11.4 Å². The highest BCUT2D eigenvalue weighted by atomic mass is 19.1. The largest absolute Gasteiger partial charge is 0.344 e. The van der Waals surface area contributed by atoms with E-state index in [4.69, 9.17) is 4.52 Å². The molecule has 0 bridgehead atoms. The number of rotatable bonds is 5. The summed E-state index contributed by atoms with van der Waals surface area (Å²) in [6, 6.07) is 6.69. The summed E-state index contributed by atoms with van der Waals surface area (Å²) < 4.78 is 19.9. The Kier molecular flexibility index (Phi) is 5.50. The fourth-order valence-electron chi connectivity index (χ4n) is 3.16. The molecule has 32 heavy (non-hydrogen) atoms. The molecule has 3 heterocycles. The zero-order chi connectivity index (χ0) is 23.0. The van der Waals surface area contributed by atoms with Crippen molar-refractivity contribution in [3.05, 3.63) is 59.4 Å². The summed E-state index contributed by atoms with van der Waals surface area (Å²) in [7, 11) is 0. The Morgan fingerprint density at radius 3 is 2.66 bits per heavy atom. The summed E-state index contributed by atoms with van der Waals surface area (Å²) in [6.45, 7) is 9.82. The number of benzene rings is 1. The van der Waals surface area contributed by atoms with Crippen LogP contribution in [0.5, 0.6) is 0 Å². The maximum Gasteiger partial charge on any atom is 0.315 e. The number of H-pyrrole nitrogens is 1. The van der Waals surface area contributed by atoms with E-state index in [0.29, 0.717) is 28.1 Å². The third-order valence-electron chi connectivity index (χ3n) is 5.04. The lowest BCUT2D eigenvalue weighted by Crippen LogP contribution is -2.24. The van der Waals surface area contributed by atoms with Crippen LogP contribution < -0.4 is 5.32 Å². The van der Waals surface area contributed by atoms with Crippen molar-refractivity contribution in [1.29, 1.82) is 0 Å². The molecule has 1 aromatic carbocycles. The summed E-state index contributed by atoms with van der Waals surface area (Å²) in [5.74, 6) is 0.346. The van der Waals surface area contributed by atoms with Gasteiger partial charge >= 0.3 is 11.8 Å². The molecule has 0 radical (unpaired) electrons. The molecule has 4 aromatic rings. The summed E-state index contributed by atoms with van der Waals surface area (Å²) in [5, 5.41) is 6.45. The Bertz CT molecular complexity index is 1290. The van der Waals surface area contributed by atoms with E-state index in [9.17, 15) is 9.18 Å². The molecule has 2 N–H and O–H groups in total. The van der Waals surface area contributed by atoms with Crippen molar-refractivity contribution < 1.29 is 13.7 Å². The summed E-state index contributed by atoms with van der Waals surface area (Å²) >= 11 is 0. The van der Waals surface area contributed by atoms with Crippen LogP contribution in [-0.4, -0.2) is 31.0 Å². The van der Waals surface area contributed by atoms with E-state index in [1.165, 1.54) is 6.07 Å². The average molecular weight is 436 g/mol. The Morgan fingerprint density at radius 1 is 1.22 bits per heavy atom. The van der Waals surface area contributed by atoms with Crippen LogP contribution in [0.3, 0.4) is 0 Å². The van der Waals surface area contributed by atoms with Crippen molar-refractivity contribution in [3.8, 4) is 11.1 Å². The number of imidazole rings is 1. The van der Waals surface area contributed by atoms with Crippen LogP contribution in [0.25, 0.3) is 22.3 Å². The monoisotopic (exact) mass is 436 g/mol. The number of halogens is 1. The van der Waals surface area contributed by atoms with Crippen LogP contribution >= 0.6 is 0 Å². The first-order valence-electron chi connectivity index (χ1n) is 10.4. The van der Waals surface area contributed by atoms with Crippen LogP contribution in [0.1, 0.15) is 68.4 Å². The number of hydrogen-bond acceptors (Lipinski definition) is 6. The summed E-state index contributed by atoms with van der Waals surface area (Å²) in [5.41, 5.74) is 2.83. The highest BCUT2D eigenvalue weighted by Crippen LogP contribution is 2.28. The van der Waals surface area contributed by atoms with Gasteiger partial charge in [0, 0.05) is 35.2 Å². The molecule has 3 aromatic heterocycles. The van der Waals surface area contributed by atoms with E-state index in [1.807, 2.05) is 40.7 Å². The first kappa shape index (κ1) is 21.6. The summed E-state index contributed by atoms with van der Waals surface area (Å²) in [6.07, 6.45) is 1.67. The van der Waals surface area contributed by atoms with Gasteiger partial charge in [-0.05, 0) is 17.7 Å². The SMILES string of the molecule is CC(C)c1nc2c(-c3ccc(CNC(=O)c4nc(C(C)(C)C)no4)c(F)c3)ccnc2[nH]1. The molecule has 166 valence electrons. The molecular weight excluding hydrogens is 411 g/mol. The van der Waals surface area contributed by atoms with Crippen molar-refractivity contribution in [2.45, 2.75) is 52.5 Å². The molecule has 1 amide bonds. The number of nitrogens with one attached hydrogen (secondary N) is 2. The van der Waals surface area contributed by atoms with Crippen LogP contribution in [-0.2, 0) is 12.0 Å². The molecular formula is C23H25FN6O2. The Labute approximate surface area is 184 Å². The minimum atomic E-state index is -0.551. The highest BCUT2D eigenvalue weighted by molar-refractivity contribution is 5.90. The van der Waals surface area contributed by atoms with Gasteiger partial charge in [0.05, 0.1) is 0 Å². The predicted octanol–water partition coefficient (Wildman–Crippen LogP) is 4.50. The molecule has 0 saturated carbocycles. The number of amides is 1. The fraction of sp³-hybridized carbons (Fsp3) is 0.348. The normalized spacial score (nSPS) is 12.0. The molecule has 9 heteroatoms. The number of hydrogen-bond donors (Lipinski definition) is 2. The van der Waals surface area contributed by atoms with Gasteiger partial charge in [-0.25, -0.2) is 14.4 Å². The van der Waals surface area contributed by atoms with Crippen LogP contribution in [0.2, 0.25) is 0 Å². The van der Waals surface area contributed by atoms with Crippen molar-refractivity contribution in [1.82, 2.24) is 30.4 Å². The lowest BCUT2D eigenvalue weighted by molar-refractivity contribution is 0.0906. The van der Waals surface area contributed by atoms with E-state index in [1.54, 1.807) is 18.3 Å². The van der Waals surface area contributed by atoms with Crippen molar-refractivity contribution in [3.63, 3.8) is 0 Å². The average Bonchev–Trinajstić information content (AvgIpc) is 3.39. The number of carbonyl (C=O) groups excluding carboxylic acids is 1. The fourth-order valence-corrected chi connectivity index (χ4v) is 3.16. The van der Waals surface area contributed by atoms with E-state index >= 15 is 0 Å². The molecule has 4 rings (SSSR count). The number of aromatic amines is 1. The Morgan fingerprint density at radius 2 is 2.00 bits per heavy atom. The summed E-state index contributed by atoms with van der Waals surface area (Å²) in [4.78, 5) is 28.6. The third kappa shape index (κ3) is 4.23. The number of aromatic nitrogens is 5. The van der Waals surface area contributed by atoms with Gasteiger partial charge < -0.3 is 14.8 Å². The van der Waals surface area contributed by atoms with E-state index < -0.39 is 11.7 Å². The molecule has 8 nitrogen and oxygen atoms in total. The van der Waals surface area contributed by atoms with Crippen LogP contribution in [0.15, 0.2) is 35.0 Å². The van der Waals surface area contributed by atoms with Crippen molar-refractivity contribution >= 4 is 17.1 Å². The molecule has 0 unspecified atom stereocenters. The molecule has 0 aliphatic heterocycles. The van der Waals surface area contributed by atoms with Gasteiger partial charge in [-0.1, -0.05) is 51.9 Å². The predicted molar refractivity (Wildman–Crippen MR) is 118 cm³/mol. The first-order chi connectivity index (χ1) is 15.1. The van der Waals surface area contributed by atoms with Gasteiger partial charge in [0.2, 0.25) is 0 Å². The maximum absolute atomic E-state index is 14.8. The lowest BCUT2D eigenvalue weighted by atomic mass is 9.96. The van der Waals surface area contributed by atoms with Gasteiger partial charge in [0.25, 0.3) is 0 Å². The van der Waals surface area contributed by atoms with Gasteiger partial charge in [-0.15, -0.1) is 0 Å². The Balaban J connectivity index is 1.52. The molecule has 0 aliphatic rings. The molecule has 0 saturated heterocycles. The molecule has 0 spiro atoms. The number of nitrogens with zero attached hydrogens (tertiary/aromatic N) is 4. The van der Waals surface area contributed by atoms with Gasteiger partial charge in [0.15, 0.2) is 11.5 Å². The second-order valence-electron chi connectivity index (χ2n) is 8.99. The first-order valence-corrected chi connectivity index (χ1v) is 10.4. The van der Waals surface area contributed by atoms with E-state index in [2.05, 4.69) is 30.4 Å². The minimum absolute atomic E-state index is 0.0101. The number of carbonyl (C=O) groups is 1. The van der Waals surface area contributed by atoms with Gasteiger partial charge in [-0.2, -0.15) is 4.98 Å². The molecule has 0 atom stereocenters. The van der Waals surface area contributed by atoms with Gasteiger partial charge in [-0.3, -0.25) is 4.79 Å². The third-order valence-corrected chi connectivity index (χ3v) is 5.04. The number of fused-ring (bicyclic) bond motifs is 1. The van der Waals surface area contributed by atoms with E-state index in [-0.39, 0.29) is 23.8 Å². The maximum atomic E-state index is 14.8. The molecule has 0 aliphatic carbocycles. The zero-order valence-electron chi connectivity index (χ0n) is 18.7. The topological polar surface area (TPSA) is 110 Å². The minimum Gasteiger partial charge on any atom is -0.344 e.